The van der Waals surface area contributed by atoms with E-state index in [2.05, 4.69) is 16.0 Å². The zero-order valence-corrected chi connectivity index (χ0v) is 17.3. The predicted octanol–water partition coefficient (Wildman–Crippen LogP) is 3.43. The lowest BCUT2D eigenvalue weighted by Crippen LogP contribution is -2.24. The van der Waals surface area contributed by atoms with Crippen LogP contribution in [0.25, 0.3) is 0 Å². The first kappa shape index (κ1) is 21.6. The molecule has 0 aromatic heterocycles. The number of amides is 2. The summed E-state index contributed by atoms with van der Waals surface area (Å²) in [5, 5.41) is 8.74. The Bertz CT molecular complexity index is 833. The quantitative estimate of drug-likeness (QED) is 0.557. The topological polar surface area (TPSA) is 88.7 Å². The molecule has 0 bridgehead atoms. The van der Waals surface area contributed by atoms with Crippen LogP contribution in [0.3, 0.4) is 0 Å². The van der Waals surface area contributed by atoms with Gasteiger partial charge in [-0.1, -0.05) is 13.0 Å². The van der Waals surface area contributed by atoms with Crippen molar-refractivity contribution in [1.82, 2.24) is 5.32 Å². The van der Waals surface area contributed by atoms with E-state index in [0.717, 1.165) is 37.3 Å². The van der Waals surface area contributed by atoms with E-state index < -0.39 is 0 Å². The molecule has 1 heterocycles. The standard InChI is InChI=1S/C23H29N3O4/c1-2-12-24-23(28)17-8-10-18(11-9-17)26-22(27)15-25-19-5-3-6-20(14-19)30-16-21-7-4-13-29-21/h3,5-6,8-11,14,21,25H,2,4,7,12-13,15-16H2,1H3,(H,24,28)(H,26,27). The van der Waals surface area contributed by atoms with Crippen LogP contribution in [-0.4, -0.2) is 44.2 Å². The van der Waals surface area contributed by atoms with Crippen molar-refractivity contribution in [1.29, 1.82) is 0 Å². The van der Waals surface area contributed by atoms with Crippen LogP contribution < -0.4 is 20.7 Å². The average molecular weight is 412 g/mol. The highest BCUT2D eigenvalue weighted by Crippen LogP contribution is 2.19. The number of anilines is 2. The van der Waals surface area contributed by atoms with Gasteiger partial charge in [0.15, 0.2) is 0 Å². The molecule has 2 aromatic rings. The maximum Gasteiger partial charge on any atom is 0.251 e. The van der Waals surface area contributed by atoms with Gasteiger partial charge in [-0.3, -0.25) is 9.59 Å². The summed E-state index contributed by atoms with van der Waals surface area (Å²) in [4.78, 5) is 24.1. The molecule has 2 amide bonds. The molecule has 7 heteroatoms. The summed E-state index contributed by atoms with van der Waals surface area (Å²) in [5.41, 5.74) is 2.01. The SMILES string of the molecule is CCCNC(=O)c1ccc(NC(=O)CNc2cccc(OCC3CCCO3)c2)cc1. The summed E-state index contributed by atoms with van der Waals surface area (Å²) < 4.78 is 11.4. The number of hydrogen-bond donors (Lipinski definition) is 3. The van der Waals surface area contributed by atoms with Gasteiger partial charge >= 0.3 is 0 Å². The number of nitrogens with one attached hydrogen (secondary N) is 3. The second kappa shape index (κ2) is 11.2. The highest BCUT2D eigenvalue weighted by Gasteiger charge is 2.16. The number of benzene rings is 2. The molecule has 160 valence electrons. The van der Waals surface area contributed by atoms with Crippen LogP contribution in [0.1, 0.15) is 36.5 Å². The normalized spacial score (nSPS) is 15.4. The summed E-state index contributed by atoms with van der Waals surface area (Å²) in [6, 6.07) is 14.4. The number of rotatable bonds is 10. The molecule has 3 N–H and O–H groups in total. The predicted molar refractivity (Wildman–Crippen MR) is 117 cm³/mol. The number of hydrogen-bond acceptors (Lipinski definition) is 5. The van der Waals surface area contributed by atoms with Crippen LogP contribution in [-0.2, 0) is 9.53 Å². The fourth-order valence-corrected chi connectivity index (χ4v) is 3.09. The van der Waals surface area contributed by atoms with Crippen molar-refractivity contribution in [3.8, 4) is 5.75 Å². The monoisotopic (exact) mass is 411 g/mol. The summed E-state index contributed by atoms with van der Waals surface area (Å²) in [5.74, 6) is 0.453. The Labute approximate surface area is 177 Å². The molecular weight excluding hydrogens is 382 g/mol. The number of ether oxygens (including phenoxy) is 2. The van der Waals surface area contributed by atoms with Crippen molar-refractivity contribution < 1.29 is 19.1 Å². The van der Waals surface area contributed by atoms with E-state index in [1.54, 1.807) is 24.3 Å². The molecule has 7 nitrogen and oxygen atoms in total. The van der Waals surface area contributed by atoms with Crippen molar-refractivity contribution >= 4 is 23.2 Å². The van der Waals surface area contributed by atoms with Crippen LogP contribution in [0.15, 0.2) is 48.5 Å². The van der Waals surface area contributed by atoms with Gasteiger partial charge in [0.2, 0.25) is 5.91 Å². The largest absolute Gasteiger partial charge is 0.491 e. The smallest absolute Gasteiger partial charge is 0.251 e. The highest BCUT2D eigenvalue weighted by atomic mass is 16.5. The second-order valence-electron chi connectivity index (χ2n) is 7.21. The van der Waals surface area contributed by atoms with Crippen molar-refractivity contribution in [3.05, 3.63) is 54.1 Å². The van der Waals surface area contributed by atoms with Crippen LogP contribution in [0.5, 0.6) is 5.75 Å². The van der Waals surface area contributed by atoms with Crippen molar-refractivity contribution in [2.45, 2.75) is 32.3 Å². The Morgan fingerprint density at radius 3 is 2.70 bits per heavy atom. The van der Waals surface area contributed by atoms with Gasteiger partial charge in [-0.25, -0.2) is 0 Å². The van der Waals surface area contributed by atoms with E-state index in [0.29, 0.717) is 24.4 Å². The lowest BCUT2D eigenvalue weighted by Gasteiger charge is -2.13. The Morgan fingerprint density at radius 2 is 1.97 bits per heavy atom. The third-order valence-corrected chi connectivity index (χ3v) is 4.71. The van der Waals surface area contributed by atoms with E-state index in [1.807, 2.05) is 31.2 Å². The Morgan fingerprint density at radius 1 is 1.13 bits per heavy atom. The molecule has 3 rings (SSSR count). The molecule has 0 radical (unpaired) electrons. The lowest BCUT2D eigenvalue weighted by atomic mass is 10.2. The second-order valence-corrected chi connectivity index (χ2v) is 7.21. The summed E-state index contributed by atoms with van der Waals surface area (Å²) >= 11 is 0. The number of carbonyl (C=O) groups is 2. The van der Waals surface area contributed by atoms with E-state index in [4.69, 9.17) is 9.47 Å². The summed E-state index contributed by atoms with van der Waals surface area (Å²) in [6.07, 6.45) is 3.16. The van der Waals surface area contributed by atoms with Crippen LogP contribution in [0, 0.1) is 0 Å². The van der Waals surface area contributed by atoms with Gasteiger partial charge in [-0.15, -0.1) is 0 Å². The molecule has 2 aromatic carbocycles. The van der Waals surface area contributed by atoms with Gasteiger partial charge in [0, 0.05) is 36.2 Å². The van der Waals surface area contributed by atoms with Gasteiger partial charge in [0.25, 0.3) is 5.91 Å². The van der Waals surface area contributed by atoms with Gasteiger partial charge in [-0.05, 0) is 55.7 Å². The lowest BCUT2D eigenvalue weighted by molar-refractivity contribution is -0.114. The molecule has 1 fully saturated rings. The Balaban J connectivity index is 1.44. The third kappa shape index (κ3) is 6.77. The Kier molecular flexibility index (Phi) is 8.09. The fourth-order valence-electron chi connectivity index (χ4n) is 3.09. The summed E-state index contributed by atoms with van der Waals surface area (Å²) in [6.45, 7) is 4.11. The molecule has 0 spiro atoms. The molecule has 0 aliphatic carbocycles. The molecule has 1 saturated heterocycles. The summed E-state index contributed by atoms with van der Waals surface area (Å²) in [7, 11) is 0. The molecule has 30 heavy (non-hydrogen) atoms. The maximum absolute atomic E-state index is 12.2. The van der Waals surface area contributed by atoms with E-state index >= 15 is 0 Å². The van der Waals surface area contributed by atoms with Crippen LogP contribution >= 0.6 is 0 Å². The number of carbonyl (C=O) groups excluding carboxylic acids is 2. The van der Waals surface area contributed by atoms with Crippen molar-refractivity contribution in [2.24, 2.45) is 0 Å². The average Bonchev–Trinajstić information content (AvgIpc) is 3.29. The van der Waals surface area contributed by atoms with E-state index in [-0.39, 0.29) is 24.5 Å². The fraction of sp³-hybridized carbons (Fsp3) is 0.391. The Hall–Kier alpha value is -3.06. The van der Waals surface area contributed by atoms with Gasteiger partial charge in [0.05, 0.1) is 12.6 Å². The maximum atomic E-state index is 12.2. The molecule has 0 saturated carbocycles. The zero-order chi connectivity index (χ0) is 21.2. The molecule has 1 atom stereocenters. The minimum atomic E-state index is -0.177. The first-order chi connectivity index (χ1) is 14.6. The van der Waals surface area contributed by atoms with Crippen molar-refractivity contribution in [3.63, 3.8) is 0 Å². The molecule has 1 unspecified atom stereocenters. The molecule has 1 aliphatic rings. The van der Waals surface area contributed by atoms with Gasteiger partial charge in [-0.2, -0.15) is 0 Å². The first-order valence-corrected chi connectivity index (χ1v) is 10.4. The van der Waals surface area contributed by atoms with Gasteiger partial charge < -0.3 is 25.4 Å². The van der Waals surface area contributed by atoms with E-state index in [1.165, 1.54) is 0 Å². The van der Waals surface area contributed by atoms with Crippen LogP contribution in [0.2, 0.25) is 0 Å². The zero-order valence-electron chi connectivity index (χ0n) is 17.3. The third-order valence-electron chi connectivity index (χ3n) is 4.71. The van der Waals surface area contributed by atoms with Gasteiger partial charge in [0.1, 0.15) is 12.4 Å². The highest BCUT2D eigenvalue weighted by molar-refractivity contribution is 5.96. The minimum Gasteiger partial charge on any atom is -0.491 e. The molecular formula is C23H29N3O4. The van der Waals surface area contributed by atoms with Crippen LogP contribution in [0.4, 0.5) is 11.4 Å². The molecule has 1 aliphatic heterocycles. The first-order valence-electron chi connectivity index (χ1n) is 10.4. The van der Waals surface area contributed by atoms with Crippen molar-refractivity contribution in [2.75, 3.05) is 36.9 Å². The minimum absolute atomic E-state index is 0.113. The van der Waals surface area contributed by atoms with E-state index in [9.17, 15) is 9.59 Å².